The fourth-order valence-corrected chi connectivity index (χ4v) is 5.72. The van der Waals surface area contributed by atoms with Gasteiger partial charge in [-0.1, -0.05) is 19.8 Å². The van der Waals surface area contributed by atoms with Crippen molar-refractivity contribution in [2.24, 2.45) is 5.92 Å². The van der Waals surface area contributed by atoms with Gasteiger partial charge in [0.15, 0.2) is 5.78 Å². The van der Waals surface area contributed by atoms with E-state index in [2.05, 4.69) is 5.32 Å². The number of amides is 3. The van der Waals surface area contributed by atoms with Gasteiger partial charge in [-0.2, -0.15) is 0 Å². The lowest BCUT2D eigenvalue weighted by atomic mass is 9.73. The molecule has 2 fully saturated rings. The predicted octanol–water partition coefficient (Wildman–Crippen LogP) is 1.69. The van der Waals surface area contributed by atoms with E-state index in [9.17, 15) is 22.8 Å². The van der Waals surface area contributed by atoms with Gasteiger partial charge in [0.2, 0.25) is 10.0 Å². The van der Waals surface area contributed by atoms with Gasteiger partial charge in [0.25, 0.3) is 5.91 Å². The molecule has 29 heavy (non-hydrogen) atoms. The highest BCUT2D eigenvalue weighted by Crippen LogP contribution is 2.38. The maximum Gasteiger partial charge on any atom is 0.325 e. The van der Waals surface area contributed by atoms with E-state index in [4.69, 9.17) is 0 Å². The van der Waals surface area contributed by atoms with Crippen molar-refractivity contribution in [2.75, 3.05) is 23.7 Å². The summed E-state index contributed by atoms with van der Waals surface area (Å²) in [5.41, 5.74) is 0.839. The largest absolute Gasteiger partial charge is 0.325 e. The van der Waals surface area contributed by atoms with Crippen LogP contribution in [0.2, 0.25) is 0 Å². The number of nitrogens with one attached hydrogen (secondary N) is 1. The first-order chi connectivity index (χ1) is 13.6. The second-order valence-electron chi connectivity index (χ2n) is 8.29. The van der Waals surface area contributed by atoms with Gasteiger partial charge < -0.3 is 5.32 Å². The molecule has 0 unspecified atom stereocenters. The molecule has 9 heteroatoms. The maximum absolute atomic E-state index is 13.0. The van der Waals surface area contributed by atoms with Crippen LogP contribution in [0.25, 0.3) is 0 Å². The first kappa shape index (κ1) is 19.9. The van der Waals surface area contributed by atoms with Gasteiger partial charge >= 0.3 is 6.03 Å². The molecule has 4 rings (SSSR count). The number of Topliss-reactive ketones (excluding diaryl/α,β-unsaturated/α-hetero) is 1. The van der Waals surface area contributed by atoms with Crippen molar-refractivity contribution in [1.82, 2.24) is 10.2 Å². The molecular formula is C20H25N3O5S. The third-order valence-corrected chi connectivity index (χ3v) is 7.64. The number of rotatable bonds is 4. The van der Waals surface area contributed by atoms with Crippen LogP contribution in [-0.4, -0.2) is 55.9 Å². The molecule has 156 valence electrons. The first-order valence-corrected chi connectivity index (χ1v) is 11.8. The molecular weight excluding hydrogens is 394 g/mol. The van der Waals surface area contributed by atoms with Gasteiger partial charge in [0.1, 0.15) is 5.54 Å². The summed E-state index contributed by atoms with van der Waals surface area (Å²) in [7, 11) is -3.36. The molecule has 1 aromatic carbocycles. The zero-order valence-electron chi connectivity index (χ0n) is 16.6. The zero-order valence-corrected chi connectivity index (χ0v) is 17.4. The molecule has 1 N–H and O–H groups in total. The fraction of sp³-hybridized carbons (Fsp3) is 0.550. The van der Waals surface area contributed by atoms with E-state index in [-0.39, 0.29) is 24.2 Å². The van der Waals surface area contributed by atoms with E-state index in [0.717, 1.165) is 36.0 Å². The van der Waals surface area contributed by atoms with E-state index in [1.54, 1.807) is 18.2 Å². The van der Waals surface area contributed by atoms with Gasteiger partial charge in [-0.15, -0.1) is 0 Å². The molecule has 8 nitrogen and oxygen atoms in total. The van der Waals surface area contributed by atoms with Crippen molar-refractivity contribution in [3.63, 3.8) is 0 Å². The van der Waals surface area contributed by atoms with E-state index in [0.29, 0.717) is 30.6 Å². The maximum atomic E-state index is 13.0. The van der Waals surface area contributed by atoms with Crippen LogP contribution >= 0.6 is 0 Å². The topological polar surface area (TPSA) is 104 Å². The van der Waals surface area contributed by atoms with Crippen molar-refractivity contribution in [3.8, 4) is 0 Å². The van der Waals surface area contributed by atoms with E-state index >= 15 is 0 Å². The number of anilines is 1. The number of hydrogen-bond donors (Lipinski definition) is 1. The van der Waals surface area contributed by atoms with Gasteiger partial charge in [-0.25, -0.2) is 13.2 Å². The minimum absolute atomic E-state index is 0.0368. The number of hydrogen-bond acceptors (Lipinski definition) is 5. The van der Waals surface area contributed by atoms with E-state index in [1.165, 1.54) is 4.31 Å². The summed E-state index contributed by atoms with van der Waals surface area (Å²) in [4.78, 5) is 39.4. The molecule has 1 saturated heterocycles. The molecule has 2 atom stereocenters. The third kappa shape index (κ3) is 3.21. The number of urea groups is 1. The van der Waals surface area contributed by atoms with Crippen LogP contribution in [0.5, 0.6) is 0 Å². The van der Waals surface area contributed by atoms with Crippen LogP contribution in [0.4, 0.5) is 10.5 Å². The Bertz CT molecular complexity index is 1010. The number of ketones is 1. The second kappa shape index (κ2) is 6.83. The van der Waals surface area contributed by atoms with Crippen molar-refractivity contribution < 1.29 is 22.8 Å². The number of nitrogens with zero attached hydrogens (tertiary/aromatic N) is 2. The van der Waals surface area contributed by atoms with Crippen molar-refractivity contribution in [3.05, 3.63) is 29.3 Å². The molecule has 0 bridgehead atoms. The number of carbonyl (C=O) groups excluding carboxylic acids is 3. The summed E-state index contributed by atoms with van der Waals surface area (Å²) >= 11 is 0. The van der Waals surface area contributed by atoms with Gasteiger partial charge in [-0.3, -0.25) is 18.8 Å². The highest BCUT2D eigenvalue weighted by Gasteiger charge is 2.55. The third-order valence-electron chi connectivity index (χ3n) is 6.46. The Morgan fingerprint density at radius 1 is 1.28 bits per heavy atom. The highest BCUT2D eigenvalue weighted by molar-refractivity contribution is 7.92. The van der Waals surface area contributed by atoms with Crippen LogP contribution in [0.1, 0.15) is 48.5 Å². The zero-order chi connectivity index (χ0) is 21.0. The molecule has 3 amide bonds. The molecule has 2 heterocycles. The smallest absolute Gasteiger partial charge is 0.323 e. The Balaban J connectivity index is 1.53. The molecule has 2 aliphatic heterocycles. The number of fused-ring (bicyclic) bond motifs is 1. The summed E-state index contributed by atoms with van der Waals surface area (Å²) < 4.78 is 25.0. The molecule has 0 aromatic heterocycles. The lowest BCUT2D eigenvalue weighted by Gasteiger charge is -2.36. The van der Waals surface area contributed by atoms with Crippen molar-refractivity contribution in [2.45, 2.75) is 44.6 Å². The molecule has 1 spiro atoms. The number of sulfonamides is 1. The second-order valence-corrected chi connectivity index (χ2v) is 10.2. The predicted molar refractivity (Wildman–Crippen MR) is 107 cm³/mol. The van der Waals surface area contributed by atoms with Gasteiger partial charge in [-0.05, 0) is 48.9 Å². The van der Waals surface area contributed by atoms with Gasteiger partial charge in [0.05, 0.1) is 18.5 Å². The average molecular weight is 420 g/mol. The Morgan fingerprint density at radius 3 is 2.72 bits per heavy atom. The first-order valence-electron chi connectivity index (χ1n) is 9.91. The van der Waals surface area contributed by atoms with Gasteiger partial charge in [0, 0.05) is 12.1 Å². The lowest BCUT2D eigenvalue weighted by Crippen LogP contribution is -2.54. The normalized spacial score (nSPS) is 26.8. The Morgan fingerprint density at radius 2 is 2.03 bits per heavy atom. The van der Waals surface area contributed by atoms with Crippen molar-refractivity contribution in [1.29, 1.82) is 0 Å². The molecule has 0 radical (unpaired) electrons. The van der Waals surface area contributed by atoms with Crippen LogP contribution in [0.3, 0.4) is 0 Å². The van der Waals surface area contributed by atoms with Crippen LogP contribution in [0.15, 0.2) is 18.2 Å². The summed E-state index contributed by atoms with van der Waals surface area (Å²) in [6.07, 6.45) is 5.05. The SMILES string of the molecule is C[C@@H]1CCCC[C@@]12NC(=O)N(CC(=O)c1ccc3c(c1)CCN3S(C)(=O)=O)C2=O. The summed E-state index contributed by atoms with van der Waals surface area (Å²) in [6.45, 7) is 2.00. The highest BCUT2D eigenvalue weighted by atomic mass is 32.2. The quantitative estimate of drug-likeness (QED) is 0.591. The fourth-order valence-electron chi connectivity index (χ4n) is 4.76. The molecule has 1 saturated carbocycles. The monoisotopic (exact) mass is 419 g/mol. The molecule has 3 aliphatic rings. The summed E-state index contributed by atoms with van der Waals surface area (Å²) in [5, 5.41) is 2.85. The molecule has 1 aliphatic carbocycles. The standard InChI is InChI=1S/C20H25N3O5S/c1-13-5-3-4-9-20(13)18(25)22(19(26)21-20)12-17(24)15-6-7-16-14(11-15)8-10-23(16)29(2,27)28/h6-7,11,13H,3-5,8-10,12H2,1-2H3,(H,21,26)/t13-,20-/m1/s1. The number of imide groups is 1. The van der Waals surface area contributed by atoms with Crippen LogP contribution in [-0.2, 0) is 21.2 Å². The minimum Gasteiger partial charge on any atom is -0.323 e. The summed E-state index contributed by atoms with van der Waals surface area (Å²) in [5.74, 6) is -0.614. The Kier molecular flexibility index (Phi) is 4.68. The number of benzene rings is 1. The number of carbonyl (C=O) groups is 3. The van der Waals surface area contributed by atoms with E-state index < -0.39 is 21.6 Å². The van der Waals surface area contributed by atoms with Crippen molar-refractivity contribution >= 4 is 33.4 Å². The lowest BCUT2D eigenvalue weighted by molar-refractivity contribution is -0.133. The molecule has 1 aromatic rings. The van der Waals surface area contributed by atoms with Crippen LogP contribution < -0.4 is 9.62 Å². The van der Waals surface area contributed by atoms with Crippen LogP contribution in [0, 0.1) is 5.92 Å². The summed E-state index contributed by atoms with van der Waals surface area (Å²) in [6, 6.07) is 4.33. The Labute approximate surface area is 170 Å². The minimum atomic E-state index is -3.36. The average Bonchev–Trinajstić information content (AvgIpc) is 3.19. The Hall–Kier alpha value is -2.42. The van der Waals surface area contributed by atoms with E-state index in [1.807, 2.05) is 6.92 Å².